The van der Waals surface area contributed by atoms with Gasteiger partial charge in [0.05, 0.1) is 16.8 Å². The van der Waals surface area contributed by atoms with Gasteiger partial charge in [-0.15, -0.1) is 0 Å². The summed E-state index contributed by atoms with van der Waals surface area (Å²) in [6.45, 7) is 8.89. The normalized spacial score (nSPS) is 12.3. The smallest absolute Gasteiger partial charge is 0.256 e. The first kappa shape index (κ1) is 20.0. The molecule has 28 heavy (non-hydrogen) atoms. The number of H-pyrrole nitrogens is 1. The second-order valence-corrected chi connectivity index (χ2v) is 9.41. The number of amides is 1. The summed E-state index contributed by atoms with van der Waals surface area (Å²) < 4.78 is 27.8. The third kappa shape index (κ3) is 4.20. The van der Waals surface area contributed by atoms with Gasteiger partial charge in [-0.3, -0.25) is 9.89 Å². The molecule has 0 bridgehead atoms. The maximum absolute atomic E-state index is 12.8. The lowest BCUT2D eigenvalue weighted by atomic mass is 10.1. The van der Waals surface area contributed by atoms with Gasteiger partial charge in [0.25, 0.3) is 5.91 Å². The first-order valence-electron chi connectivity index (χ1n) is 8.73. The third-order valence-electron chi connectivity index (χ3n) is 4.06. The van der Waals surface area contributed by atoms with Gasteiger partial charge in [0.2, 0.25) is 10.0 Å². The fourth-order valence-corrected chi connectivity index (χ4v) is 4.21. The van der Waals surface area contributed by atoms with Gasteiger partial charge in [0.15, 0.2) is 5.65 Å². The van der Waals surface area contributed by atoms with Crippen LogP contribution >= 0.6 is 0 Å². The maximum atomic E-state index is 12.8. The zero-order valence-electron chi connectivity index (χ0n) is 16.4. The molecule has 0 radical (unpaired) electrons. The van der Waals surface area contributed by atoms with Crippen LogP contribution in [0.1, 0.15) is 42.4 Å². The molecule has 2 aromatic heterocycles. The number of anilines is 1. The standard InChI is InChI=1S/C19H23N5O3S/c1-11-6-7-14(28(26,27)24-19(3,4)5)9-15(11)18(25)21-13-8-16-12(2)22-23-17(16)20-10-13/h6-10,24H,1-5H3,(H,21,25)(H,20,22,23). The summed E-state index contributed by atoms with van der Waals surface area (Å²) in [7, 11) is -3.75. The van der Waals surface area contributed by atoms with Gasteiger partial charge in [-0.25, -0.2) is 18.1 Å². The topological polar surface area (TPSA) is 117 Å². The highest BCUT2D eigenvalue weighted by molar-refractivity contribution is 7.89. The van der Waals surface area contributed by atoms with E-state index in [1.807, 2.05) is 6.92 Å². The van der Waals surface area contributed by atoms with Gasteiger partial charge >= 0.3 is 0 Å². The van der Waals surface area contributed by atoms with Crippen LogP contribution in [-0.4, -0.2) is 35.0 Å². The summed E-state index contributed by atoms with van der Waals surface area (Å²) in [5.74, 6) is -0.410. The van der Waals surface area contributed by atoms with Crippen LogP contribution in [0.5, 0.6) is 0 Å². The van der Waals surface area contributed by atoms with Crippen LogP contribution in [-0.2, 0) is 10.0 Å². The zero-order chi connectivity index (χ0) is 20.7. The summed E-state index contributed by atoms with van der Waals surface area (Å²) in [4.78, 5) is 17.0. The van der Waals surface area contributed by atoms with E-state index in [1.54, 1.807) is 39.8 Å². The molecule has 1 aromatic carbocycles. The Morgan fingerprint density at radius 3 is 2.54 bits per heavy atom. The second kappa shape index (κ2) is 6.99. The molecule has 0 fully saturated rings. The van der Waals surface area contributed by atoms with Crippen LogP contribution in [0.4, 0.5) is 5.69 Å². The SMILES string of the molecule is Cc1ccc(S(=O)(=O)NC(C)(C)C)cc1C(=O)Nc1cnc2n[nH]c(C)c2c1. The van der Waals surface area contributed by atoms with Gasteiger partial charge in [-0.1, -0.05) is 6.07 Å². The van der Waals surface area contributed by atoms with Crippen molar-refractivity contribution in [1.82, 2.24) is 19.9 Å². The molecule has 0 spiro atoms. The van der Waals surface area contributed by atoms with Crippen LogP contribution in [0, 0.1) is 13.8 Å². The van der Waals surface area contributed by atoms with E-state index in [1.165, 1.54) is 18.3 Å². The van der Waals surface area contributed by atoms with Crippen molar-refractivity contribution in [2.75, 3.05) is 5.32 Å². The van der Waals surface area contributed by atoms with E-state index in [9.17, 15) is 13.2 Å². The number of carbonyl (C=O) groups is 1. The van der Waals surface area contributed by atoms with Crippen molar-refractivity contribution < 1.29 is 13.2 Å². The molecular weight excluding hydrogens is 378 g/mol. The summed E-state index contributed by atoms with van der Waals surface area (Å²) >= 11 is 0. The highest BCUT2D eigenvalue weighted by atomic mass is 32.2. The minimum absolute atomic E-state index is 0.0393. The van der Waals surface area contributed by atoms with Crippen molar-refractivity contribution in [1.29, 1.82) is 0 Å². The van der Waals surface area contributed by atoms with Crippen molar-refractivity contribution >= 4 is 32.7 Å². The first-order chi connectivity index (χ1) is 13.0. The van der Waals surface area contributed by atoms with Crippen molar-refractivity contribution in [2.45, 2.75) is 45.1 Å². The maximum Gasteiger partial charge on any atom is 0.256 e. The predicted molar refractivity (Wildman–Crippen MR) is 108 cm³/mol. The molecule has 148 valence electrons. The Morgan fingerprint density at radius 2 is 1.86 bits per heavy atom. The van der Waals surface area contributed by atoms with Crippen LogP contribution in [0.25, 0.3) is 11.0 Å². The molecule has 2 heterocycles. The fourth-order valence-electron chi connectivity index (χ4n) is 2.76. The van der Waals surface area contributed by atoms with Gasteiger partial charge in [0, 0.05) is 22.2 Å². The number of carbonyl (C=O) groups excluding carboxylic acids is 1. The number of rotatable bonds is 4. The predicted octanol–water partition coefficient (Wildman–Crippen LogP) is 2.90. The summed E-state index contributed by atoms with van der Waals surface area (Å²) in [5, 5.41) is 10.5. The number of hydrogen-bond donors (Lipinski definition) is 3. The molecule has 3 aromatic rings. The van der Waals surface area contributed by atoms with Gasteiger partial charge in [-0.05, 0) is 58.4 Å². The highest BCUT2D eigenvalue weighted by Crippen LogP contribution is 2.21. The van der Waals surface area contributed by atoms with Crippen LogP contribution in [0.15, 0.2) is 35.4 Å². The molecule has 0 aliphatic carbocycles. The van der Waals surface area contributed by atoms with E-state index in [0.717, 1.165) is 11.1 Å². The molecule has 1 amide bonds. The second-order valence-electron chi connectivity index (χ2n) is 7.73. The summed E-state index contributed by atoms with van der Waals surface area (Å²) in [5.41, 5.74) is 2.23. The Bertz CT molecular complexity index is 1160. The zero-order valence-corrected chi connectivity index (χ0v) is 17.2. The highest BCUT2D eigenvalue weighted by Gasteiger charge is 2.23. The minimum Gasteiger partial charge on any atom is -0.321 e. The van der Waals surface area contributed by atoms with E-state index in [2.05, 4.69) is 25.2 Å². The Morgan fingerprint density at radius 1 is 1.14 bits per heavy atom. The van der Waals surface area contributed by atoms with Gasteiger partial charge in [-0.2, -0.15) is 5.10 Å². The number of aromatic nitrogens is 3. The van der Waals surface area contributed by atoms with Crippen molar-refractivity contribution in [3.05, 3.63) is 47.3 Å². The lowest BCUT2D eigenvalue weighted by Gasteiger charge is -2.20. The van der Waals surface area contributed by atoms with Crippen LogP contribution < -0.4 is 10.0 Å². The molecule has 0 saturated carbocycles. The number of nitrogens with one attached hydrogen (secondary N) is 3. The Balaban J connectivity index is 1.91. The molecule has 8 nitrogen and oxygen atoms in total. The Kier molecular flexibility index (Phi) is 4.99. The summed E-state index contributed by atoms with van der Waals surface area (Å²) in [6, 6.07) is 6.26. The number of fused-ring (bicyclic) bond motifs is 1. The average molecular weight is 401 g/mol. The van der Waals surface area contributed by atoms with E-state index in [4.69, 9.17) is 0 Å². The lowest BCUT2D eigenvalue weighted by Crippen LogP contribution is -2.40. The fraction of sp³-hybridized carbons (Fsp3) is 0.316. The Hall–Kier alpha value is -2.78. The number of pyridine rings is 1. The molecule has 0 aliphatic heterocycles. The van der Waals surface area contributed by atoms with E-state index >= 15 is 0 Å². The van der Waals surface area contributed by atoms with Gasteiger partial charge in [0.1, 0.15) is 0 Å². The van der Waals surface area contributed by atoms with Crippen molar-refractivity contribution in [3.8, 4) is 0 Å². The average Bonchev–Trinajstić information content (AvgIpc) is 2.93. The minimum atomic E-state index is -3.75. The summed E-state index contributed by atoms with van der Waals surface area (Å²) in [6.07, 6.45) is 1.51. The third-order valence-corrected chi connectivity index (χ3v) is 5.82. The van der Waals surface area contributed by atoms with E-state index in [0.29, 0.717) is 16.9 Å². The molecule has 0 saturated heterocycles. The molecule has 0 aliphatic rings. The molecular formula is C19H23N5O3S. The lowest BCUT2D eigenvalue weighted by molar-refractivity contribution is 0.102. The van der Waals surface area contributed by atoms with Crippen molar-refractivity contribution in [2.24, 2.45) is 0 Å². The molecule has 3 rings (SSSR count). The number of aromatic amines is 1. The number of aryl methyl sites for hydroxylation is 2. The number of nitrogens with zero attached hydrogens (tertiary/aromatic N) is 2. The molecule has 3 N–H and O–H groups in total. The number of hydrogen-bond acceptors (Lipinski definition) is 5. The first-order valence-corrected chi connectivity index (χ1v) is 10.2. The van der Waals surface area contributed by atoms with Gasteiger partial charge < -0.3 is 5.32 Å². The van der Waals surface area contributed by atoms with Crippen LogP contribution in [0.2, 0.25) is 0 Å². The monoisotopic (exact) mass is 401 g/mol. The largest absolute Gasteiger partial charge is 0.321 e. The Labute approximate surface area is 163 Å². The number of benzene rings is 1. The van der Waals surface area contributed by atoms with Crippen molar-refractivity contribution in [3.63, 3.8) is 0 Å². The quantitative estimate of drug-likeness (QED) is 0.621. The molecule has 0 unspecified atom stereocenters. The van der Waals surface area contributed by atoms with Crippen LogP contribution in [0.3, 0.4) is 0 Å². The number of sulfonamides is 1. The molecule has 9 heteroatoms. The molecule has 0 atom stereocenters. The van der Waals surface area contributed by atoms with E-state index in [-0.39, 0.29) is 10.5 Å². The van der Waals surface area contributed by atoms with E-state index < -0.39 is 21.5 Å².